The van der Waals surface area contributed by atoms with Gasteiger partial charge in [0, 0.05) is 26.5 Å². The molecule has 1 aliphatic heterocycles. The predicted molar refractivity (Wildman–Crippen MR) is 231 cm³/mol. The van der Waals surface area contributed by atoms with Crippen LogP contribution in [0.1, 0.15) is 22.3 Å². The highest BCUT2D eigenvalue weighted by Crippen LogP contribution is 2.62. The van der Waals surface area contributed by atoms with Crippen LogP contribution in [0.25, 0.3) is 67.3 Å². The van der Waals surface area contributed by atoms with E-state index in [2.05, 4.69) is 200 Å². The van der Waals surface area contributed by atoms with Gasteiger partial charge in [-0.2, -0.15) is 0 Å². The topological polar surface area (TPSA) is 25.8 Å². The molecule has 11 rings (SSSR count). The highest BCUT2D eigenvalue weighted by atomic mass is 32.2. The van der Waals surface area contributed by atoms with E-state index < -0.39 is 5.41 Å². The summed E-state index contributed by atoms with van der Waals surface area (Å²) in [5, 5.41) is 0. The minimum absolute atomic E-state index is 0.404. The number of aromatic nitrogens is 2. The Morgan fingerprint density at radius 2 is 0.804 bits per heavy atom. The van der Waals surface area contributed by atoms with E-state index in [9.17, 15) is 0 Å². The molecule has 0 unspecified atom stereocenters. The Labute approximate surface area is 331 Å². The largest absolute Gasteiger partial charge is 0.228 e. The van der Waals surface area contributed by atoms with Crippen molar-refractivity contribution in [2.75, 3.05) is 0 Å². The molecular formula is C53H34N2S. The Morgan fingerprint density at radius 1 is 0.304 bits per heavy atom. The van der Waals surface area contributed by atoms with Gasteiger partial charge in [0.1, 0.15) is 0 Å². The molecule has 0 radical (unpaired) electrons. The zero-order valence-corrected chi connectivity index (χ0v) is 31.2. The van der Waals surface area contributed by atoms with Crippen molar-refractivity contribution in [1.82, 2.24) is 9.97 Å². The smallest absolute Gasteiger partial charge is 0.160 e. The van der Waals surface area contributed by atoms with Crippen molar-refractivity contribution < 1.29 is 0 Å². The van der Waals surface area contributed by atoms with Crippen molar-refractivity contribution in [2.24, 2.45) is 0 Å². The second-order valence-corrected chi connectivity index (χ2v) is 15.6. The van der Waals surface area contributed by atoms with Crippen LogP contribution >= 0.6 is 11.8 Å². The summed E-state index contributed by atoms with van der Waals surface area (Å²) in [6, 6.07) is 74.3. The van der Waals surface area contributed by atoms with E-state index in [1.54, 1.807) is 0 Å². The van der Waals surface area contributed by atoms with Gasteiger partial charge in [0.25, 0.3) is 0 Å². The Kier molecular flexibility index (Phi) is 7.68. The van der Waals surface area contributed by atoms with Crippen molar-refractivity contribution in [1.29, 1.82) is 0 Å². The van der Waals surface area contributed by atoms with Crippen molar-refractivity contribution >= 4 is 11.8 Å². The van der Waals surface area contributed by atoms with E-state index in [1.165, 1.54) is 48.7 Å². The molecule has 2 aliphatic rings. The summed E-state index contributed by atoms with van der Waals surface area (Å²) < 4.78 is 0. The first-order valence-corrected chi connectivity index (χ1v) is 19.9. The molecule has 262 valence electrons. The van der Waals surface area contributed by atoms with Crippen molar-refractivity contribution in [3.8, 4) is 67.3 Å². The average Bonchev–Trinajstić information content (AvgIpc) is 3.57. The van der Waals surface area contributed by atoms with Crippen LogP contribution < -0.4 is 0 Å². The van der Waals surface area contributed by atoms with Crippen molar-refractivity contribution in [3.05, 3.63) is 229 Å². The third-order valence-corrected chi connectivity index (χ3v) is 12.6. The number of hydrogen-bond donors (Lipinski definition) is 0. The van der Waals surface area contributed by atoms with E-state index in [-0.39, 0.29) is 0 Å². The van der Waals surface area contributed by atoms with Crippen LogP contribution in [0.2, 0.25) is 0 Å². The molecule has 8 aromatic carbocycles. The summed E-state index contributed by atoms with van der Waals surface area (Å²) in [6.07, 6.45) is 0. The number of hydrogen-bond acceptors (Lipinski definition) is 3. The second kappa shape index (κ2) is 13.2. The predicted octanol–water partition coefficient (Wildman–Crippen LogP) is 13.6. The maximum absolute atomic E-state index is 5.24. The molecular weight excluding hydrogens is 697 g/mol. The minimum atomic E-state index is -0.404. The molecule has 9 aromatic rings. The second-order valence-electron chi connectivity index (χ2n) is 14.5. The molecule has 1 spiro atoms. The lowest BCUT2D eigenvalue weighted by atomic mass is 9.67. The fourth-order valence-electron chi connectivity index (χ4n) is 8.89. The van der Waals surface area contributed by atoms with Gasteiger partial charge in [-0.3, -0.25) is 0 Å². The fraction of sp³-hybridized carbons (Fsp3) is 0.0189. The summed E-state index contributed by atoms with van der Waals surface area (Å²) in [5.41, 5.74) is 17.2. The van der Waals surface area contributed by atoms with Gasteiger partial charge in [0.15, 0.2) is 5.82 Å². The Bertz CT molecular complexity index is 2890. The maximum atomic E-state index is 5.24. The molecule has 2 heterocycles. The van der Waals surface area contributed by atoms with E-state index in [0.717, 1.165) is 44.8 Å². The Morgan fingerprint density at radius 3 is 1.50 bits per heavy atom. The van der Waals surface area contributed by atoms with Crippen molar-refractivity contribution in [3.63, 3.8) is 0 Å². The zero-order chi connectivity index (χ0) is 37.1. The van der Waals surface area contributed by atoms with Gasteiger partial charge in [0.2, 0.25) is 0 Å². The van der Waals surface area contributed by atoms with Crippen LogP contribution in [-0.4, -0.2) is 9.97 Å². The molecule has 56 heavy (non-hydrogen) atoms. The van der Waals surface area contributed by atoms with Gasteiger partial charge < -0.3 is 0 Å². The van der Waals surface area contributed by atoms with Gasteiger partial charge in [-0.25, -0.2) is 9.97 Å². The van der Waals surface area contributed by atoms with E-state index in [4.69, 9.17) is 9.97 Å². The Balaban J connectivity index is 1.04. The number of nitrogens with zero attached hydrogens (tertiary/aromatic N) is 2. The van der Waals surface area contributed by atoms with Crippen LogP contribution in [-0.2, 0) is 5.41 Å². The first-order valence-electron chi connectivity index (χ1n) is 19.1. The highest BCUT2D eigenvalue weighted by molar-refractivity contribution is 7.99. The normalized spacial score (nSPS) is 13.1. The van der Waals surface area contributed by atoms with E-state index >= 15 is 0 Å². The monoisotopic (exact) mass is 730 g/mol. The maximum Gasteiger partial charge on any atom is 0.160 e. The zero-order valence-electron chi connectivity index (χ0n) is 30.4. The standard InChI is InChI=1S/C53H34N2S/c1-3-15-36(16-4-1)40-19-7-8-22-43(40)49-34-48(37-17-5-2-6-18-37)54-52(55-49)38-29-27-35(28-30-38)39-31-32-51-47(33-39)53(46-25-13-14-26-50(46)56-51)44-23-11-9-20-41(44)42-21-10-12-24-45(42)53/h1-34H. The number of benzene rings is 8. The first kappa shape index (κ1) is 32.6. The van der Waals surface area contributed by atoms with Crippen LogP contribution in [0.4, 0.5) is 0 Å². The molecule has 3 heteroatoms. The van der Waals surface area contributed by atoms with Crippen LogP contribution in [0.5, 0.6) is 0 Å². The molecule has 0 saturated heterocycles. The lowest BCUT2D eigenvalue weighted by molar-refractivity contribution is 0.723. The lowest BCUT2D eigenvalue weighted by Gasteiger charge is -2.40. The summed E-state index contributed by atoms with van der Waals surface area (Å²) in [5.74, 6) is 0.701. The average molecular weight is 731 g/mol. The molecule has 0 amide bonds. The van der Waals surface area contributed by atoms with Crippen LogP contribution in [0.3, 0.4) is 0 Å². The van der Waals surface area contributed by atoms with Crippen molar-refractivity contribution in [2.45, 2.75) is 15.2 Å². The summed E-state index contributed by atoms with van der Waals surface area (Å²) in [6.45, 7) is 0. The summed E-state index contributed by atoms with van der Waals surface area (Å²) >= 11 is 1.88. The highest BCUT2D eigenvalue weighted by Gasteiger charge is 2.50. The van der Waals surface area contributed by atoms with Gasteiger partial charge in [-0.15, -0.1) is 0 Å². The summed E-state index contributed by atoms with van der Waals surface area (Å²) in [7, 11) is 0. The fourth-order valence-corrected chi connectivity index (χ4v) is 10.1. The summed E-state index contributed by atoms with van der Waals surface area (Å²) in [4.78, 5) is 13.0. The molecule has 0 atom stereocenters. The quantitative estimate of drug-likeness (QED) is 0.176. The number of rotatable bonds is 5. The van der Waals surface area contributed by atoms with Gasteiger partial charge in [-0.05, 0) is 79.9 Å². The molecule has 0 N–H and O–H groups in total. The van der Waals surface area contributed by atoms with Gasteiger partial charge in [0.05, 0.1) is 16.8 Å². The Hall–Kier alpha value is -6.81. The molecule has 0 saturated carbocycles. The molecule has 2 nitrogen and oxygen atoms in total. The molecule has 1 aromatic heterocycles. The van der Waals surface area contributed by atoms with Gasteiger partial charge in [-0.1, -0.05) is 194 Å². The number of fused-ring (bicyclic) bond motifs is 9. The third-order valence-electron chi connectivity index (χ3n) is 11.4. The minimum Gasteiger partial charge on any atom is -0.228 e. The third kappa shape index (κ3) is 5.12. The first-order chi connectivity index (χ1) is 27.8. The van der Waals surface area contributed by atoms with Crippen LogP contribution in [0.15, 0.2) is 216 Å². The molecule has 0 bridgehead atoms. The van der Waals surface area contributed by atoms with Crippen LogP contribution in [0, 0.1) is 0 Å². The van der Waals surface area contributed by atoms with E-state index in [1.807, 2.05) is 17.8 Å². The lowest BCUT2D eigenvalue weighted by Crippen LogP contribution is -2.32. The molecule has 0 fully saturated rings. The molecule has 1 aliphatic carbocycles. The van der Waals surface area contributed by atoms with E-state index in [0.29, 0.717) is 5.82 Å². The van der Waals surface area contributed by atoms with Gasteiger partial charge >= 0.3 is 0 Å². The SMILES string of the molecule is c1ccc(-c2cc(-c3ccccc3-c3ccccc3)nc(-c3ccc(-c4ccc5c(c4)C4(c6ccccc6S5)c5ccccc5-c5ccccc54)cc3)n2)cc1.